The lowest BCUT2D eigenvalue weighted by molar-refractivity contribution is 0.207. The number of nitrogens with one attached hydrogen (secondary N) is 1. The standard InChI is InChI=1S/C17H27N/c1-14-11-12-17(18-2)16(13-14)10-6-9-15-7-4-3-5-8-15/h3-5,7-8,14,16-18H,6,9-13H2,1-2H3. The molecule has 3 atom stereocenters. The number of hydrogen-bond acceptors (Lipinski definition) is 1. The average Bonchev–Trinajstić information content (AvgIpc) is 2.40. The lowest BCUT2D eigenvalue weighted by Crippen LogP contribution is -2.38. The molecule has 1 aromatic carbocycles. The average molecular weight is 245 g/mol. The molecule has 0 saturated heterocycles. The van der Waals surface area contributed by atoms with Crippen LogP contribution in [0, 0.1) is 11.8 Å². The maximum atomic E-state index is 3.52. The molecule has 0 radical (unpaired) electrons. The Labute approximate surface area is 112 Å². The number of aryl methyl sites for hydroxylation is 1. The van der Waals surface area contributed by atoms with E-state index >= 15 is 0 Å². The van der Waals surface area contributed by atoms with Crippen molar-refractivity contribution in [2.24, 2.45) is 11.8 Å². The molecule has 1 aromatic rings. The fourth-order valence-corrected chi connectivity index (χ4v) is 3.41. The lowest BCUT2D eigenvalue weighted by atomic mass is 9.76. The first-order valence-corrected chi connectivity index (χ1v) is 7.50. The minimum atomic E-state index is 0.761. The van der Waals surface area contributed by atoms with Crippen molar-refractivity contribution in [1.29, 1.82) is 0 Å². The Kier molecular flexibility index (Phi) is 5.25. The second kappa shape index (κ2) is 6.94. The third-order valence-corrected chi connectivity index (χ3v) is 4.50. The molecular formula is C17H27N. The molecule has 1 aliphatic carbocycles. The van der Waals surface area contributed by atoms with Crippen LogP contribution in [0.2, 0.25) is 0 Å². The quantitative estimate of drug-likeness (QED) is 0.825. The maximum absolute atomic E-state index is 3.52. The van der Waals surface area contributed by atoms with E-state index in [1.807, 2.05) is 0 Å². The Bertz CT molecular complexity index is 333. The first-order chi connectivity index (χ1) is 8.79. The monoisotopic (exact) mass is 245 g/mol. The van der Waals surface area contributed by atoms with Crippen LogP contribution >= 0.6 is 0 Å². The molecule has 18 heavy (non-hydrogen) atoms. The first kappa shape index (κ1) is 13.6. The molecule has 1 fully saturated rings. The summed E-state index contributed by atoms with van der Waals surface area (Å²) in [6.45, 7) is 2.41. The number of hydrogen-bond donors (Lipinski definition) is 1. The summed E-state index contributed by atoms with van der Waals surface area (Å²) in [5.41, 5.74) is 1.49. The van der Waals surface area contributed by atoms with Gasteiger partial charge in [-0.2, -0.15) is 0 Å². The van der Waals surface area contributed by atoms with E-state index in [9.17, 15) is 0 Å². The van der Waals surface area contributed by atoms with Gasteiger partial charge in [-0.3, -0.25) is 0 Å². The summed E-state index contributed by atoms with van der Waals surface area (Å²) in [5, 5.41) is 3.52. The van der Waals surface area contributed by atoms with Crippen molar-refractivity contribution in [3.8, 4) is 0 Å². The second-order valence-corrected chi connectivity index (χ2v) is 5.95. The van der Waals surface area contributed by atoms with Crippen LogP contribution in [0.4, 0.5) is 0 Å². The van der Waals surface area contributed by atoms with Crippen LogP contribution in [-0.4, -0.2) is 13.1 Å². The highest BCUT2D eigenvalue weighted by Gasteiger charge is 2.26. The fraction of sp³-hybridized carbons (Fsp3) is 0.647. The SMILES string of the molecule is CNC1CCC(C)CC1CCCc1ccccc1. The summed E-state index contributed by atoms with van der Waals surface area (Å²) in [4.78, 5) is 0. The van der Waals surface area contributed by atoms with Gasteiger partial charge in [-0.25, -0.2) is 0 Å². The Balaban J connectivity index is 1.77. The van der Waals surface area contributed by atoms with E-state index in [0.717, 1.165) is 17.9 Å². The highest BCUT2D eigenvalue weighted by molar-refractivity contribution is 5.14. The minimum Gasteiger partial charge on any atom is -0.317 e. The molecule has 0 aromatic heterocycles. The molecular weight excluding hydrogens is 218 g/mol. The highest BCUT2D eigenvalue weighted by Crippen LogP contribution is 2.32. The molecule has 0 spiro atoms. The molecule has 1 saturated carbocycles. The van der Waals surface area contributed by atoms with Gasteiger partial charge in [0.05, 0.1) is 0 Å². The van der Waals surface area contributed by atoms with E-state index in [0.29, 0.717) is 0 Å². The molecule has 2 rings (SSSR count). The largest absolute Gasteiger partial charge is 0.317 e. The van der Waals surface area contributed by atoms with Gasteiger partial charge in [-0.1, -0.05) is 37.3 Å². The van der Waals surface area contributed by atoms with Crippen molar-refractivity contribution in [3.05, 3.63) is 35.9 Å². The maximum Gasteiger partial charge on any atom is 0.00925 e. The van der Waals surface area contributed by atoms with Gasteiger partial charge in [0.2, 0.25) is 0 Å². The molecule has 0 heterocycles. The van der Waals surface area contributed by atoms with Crippen LogP contribution in [0.15, 0.2) is 30.3 Å². The van der Waals surface area contributed by atoms with Crippen molar-refractivity contribution in [2.45, 2.75) is 51.5 Å². The van der Waals surface area contributed by atoms with Crippen molar-refractivity contribution in [1.82, 2.24) is 5.32 Å². The smallest absolute Gasteiger partial charge is 0.00925 e. The van der Waals surface area contributed by atoms with Gasteiger partial charge in [0.25, 0.3) is 0 Å². The molecule has 0 bridgehead atoms. The zero-order valence-electron chi connectivity index (χ0n) is 11.9. The van der Waals surface area contributed by atoms with Gasteiger partial charge in [0, 0.05) is 6.04 Å². The summed E-state index contributed by atoms with van der Waals surface area (Å²) < 4.78 is 0. The molecule has 1 aliphatic rings. The van der Waals surface area contributed by atoms with Crippen LogP contribution in [0.3, 0.4) is 0 Å². The molecule has 0 amide bonds. The molecule has 100 valence electrons. The van der Waals surface area contributed by atoms with Crippen LogP contribution in [-0.2, 0) is 6.42 Å². The number of rotatable bonds is 5. The van der Waals surface area contributed by atoms with Gasteiger partial charge < -0.3 is 5.32 Å². The zero-order chi connectivity index (χ0) is 12.8. The van der Waals surface area contributed by atoms with Crippen molar-refractivity contribution in [3.63, 3.8) is 0 Å². The third-order valence-electron chi connectivity index (χ3n) is 4.50. The van der Waals surface area contributed by atoms with E-state index in [4.69, 9.17) is 0 Å². The van der Waals surface area contributed by atoms with Crippen molar-refractivity contribution in [2.75, 3.05) is 7.05 Å². The van der Waals surface area contributed by atoms with E-state index in [-0.39, 0.29) is 0 Å². The van der Waals surface area contributed by atoms with Crippen molar-refractivity contribution < 1.29 is 0 Å². The number of benzene rings is 1. The molecule has 1 heteroatoms. The summed E-state index contributed by atoms with van der Waals surface area (Å²) in [6, 6.07) is 11.7. The zero-order valence-corrected chi connectivity index (χ0v) is 11.9. The van der Waals surface area contributed by atoms with Gasteiger partial charge in [-0.05, 0) is 63.0 Å². The van der Waals surface area contributed by atoms with Crippen molar-refractivity contribution >= 4 is 0 Å². The van der Waals surface area contributed by atoms with Crippen LogP contribution in [0.25, 0.3) is 0 Å². The van der Waals surface area contributed by atoms with E-state index in [2.05, 4.69) is 49.6 Å². The van der Waals surface area contributed by atoms with E-state index < -0.39 is 0 Å². The second-order valence-electron chi connectivity index (χ2n) is 5.95. The Morgan fingerprint density at radius 3 is 2.67 bits per heavy atom. The summed E-state index contributed by atoms with van der Waals surface area (Å²) in [7, 11) is 2.13. The Morgan fingerprint density at radius 1 is 1.17 bits per heavy atom. The normalized spacial score (nSPS) is 28.2. The van der Waals surface area contributed by atoms with Crippen LogP contribution < -0.4 is 5.32 Å². The fourth-order valence-electron chi connectivity index (χ4n) is 3.41. The molecule has 0 aliphatic heterocycles. The predicted octanol–water partition coefficient (Wildman–Crippen LogP) is 4.03. The van der Waals surface area contributed by atoms with Gasteiger partial charge in [-0.15, -0.1) is 0 Å². The summed E-state index contributed by atoms with van der Waals surface area (Å²) in [5.74, 6) is 1.82. The lowest BCUT2D eigenvalue weighted by Gasteiger charge is -2.35. The minimum absolute atomic E-state index is 0.761. The first-order valence-electron chi connectivity index (χ1n) is 7.50. The third kappa shape index (κ3) is 3.84. The van der Waals surface area contributed by atoms with E-state index in [1.165, 1.54) is 44.1 Å². The van der Waals surface area contributed by atoms with Gasteiger partial charge in [0.15, 0.2) is 0 Å². The van der Waals surface area contributed by atoms with Crippen LogP contribution in [0.1, 0.15) is 44.6 Å². The molecule has 1 nitrogen and oxygen atoms in total. The van der Waals surface area contributed by atoms with Crippen LogP contribution in [0.5, 0.6) is 0 Å². The molecule has 3 unspecified atom stereocenters. The summed E-state index contributed by atoms with van der Waals surface area (Å²) in [6.07, 6.45) is 8.14. The van der Waals surface area contributed by atoms with E-state index in [1.54, 1.807) is 0 Å². The Hall–Kier alpha value is -0.820. The van der Waals surface area contributed by atoms with Gasteiger partial charge in [0.1, 0.15) is 0 Å². The Morgan fingerprint density at radius 2 is 1.94 bits per heavy atom. The van der Waals surface area contributed by atoms with Gasteiger partial charge >= 0.3 is 0 Å². The topological polar surface area (TPSA) is 12.0 Å². The predicted molar refractivity (Wildman–Crippen MR) is 78.7 cm³/mol. The highest BCUT2D eigenvalue weighted by atomic mass is 14.9. The summed E-state index contributed by atoms with van der Waals surface area (Å²) >= 11 is 0. The molecule has 1 N–H and O–H groups in total.